The van der Waals surface area contributed by atoms with Crippen molar-refractivity contribution in [1.29, 1.82) is 0 Å². The normalized spacial score (nSPS) is 11.0. The van der Waals surface area contributed by atoms with Gasteiger partial charge >= 0.3 is 0 Å². The molecule has 10 heteroatoms. The Kier molecular flexibility index (Phi) is 4.66. The molecule has 0 spiro atoms. The monoisotopic (exact) mass is 361 g/mol. The van der Waals surface area contributed by atoms with Gasteiger partial charge in [-0.05, 0) is 40.6 Å². The lowest BCUT2D eigenvalue weighted by molar-refractivity contribution is 0.0946. The molecule has 9 nitrogen and oxygen atoms in total. The highest BCUT2D eigenvalue weighted by molar-refractivity contribution is 6.32. The Morgan fingerprint density at radius 1 is 1.36 bits per heavy atom. The van der Waals surface area contributed by atoms with Crippen molar-refractivity contribution in [2.75, 3.05) is 12.8 Å². The lowest BCUT2D eigenvalue weighted by Gasteiger charge is -2.04. The van der Waals surface area contributed by atoms with Gasteiger partial charge in [0.25, 0.3) is 5.91 Å². The number of nitrogens with zero attached hydrogens (tertiary/aromatic N) is 3. The van der Waals surface area contributed by atoms with Crippen molar-refractivity contribution < 1.29 is 18.6 Å². The molecule has 1 amide bonds. The molecule has 3 rings (SSSR count). The molecular weight excluding hydrogens is 350 g/mol. The van der Waals surface area contributed by atoms with Gasteiger partial charge in [0.15, 0.2) is 0 Å². The first-order chi connectivity index (χ1) is 12.1. The topological polar surface area (TPSA) is 129 Å². The van der Waals surface area contributed by atoms with Gasteiger partial charge in [0.1, 0.15) is 17.3 Å². The van der Waals surface area contributed by atoms with Crippen LogP contribution in [0.5, 0.6) is 5.75 Å². The van der Waals surface area contributed by atoms with Gasteiger partial charge in [-0.3, -0.25) is 4.79 Å². The minimum absolute atomic E-state index is 0.121. The molecule has 0 saturated heterocycles. The number of ether oxygens (including phenoxy) is 1. The van der Waals surface area contributed by atoms with E-state index in [1.54, 1.807) is 31.4 Å². The molecule has 2 aromatic heterocycles. The number of rotatable bonds is 5. The van der Waals surface area contributed by atoms with Crippen LogP contribution in [0.1, 0.15) is 16.2 Å². The highest BCUT2D eigenvalue weighted by atomic mass is 35.5. The summed E-state index contributed by atoms with van der Waals surface area (Å²) in [6.07, 6.45) is 1.33. The largest absolute Gasteiger partial charge is 0.495 e. The van der Waals surface area contributed by atoms with Crippen LogP contribution < -0.4 is 15.9 Å². The molecule has 1 aromatic carbocycles. The van der Waals surface area contributed by atoms with Crippen LogP contribution in [0.15, 0.2) is 44.5 Å². The Morgan fingerprint density at radius 2 is 2.20 bits per heavy atom. The van der Waals surface area contributed by atoms with Crippen molar-refractivity contribution in [1.82, 2.24) is 15.7 Å². The molecule has 0 aliphatic carbocycles. The molecule has 0 radical (unpaired) electrons. The zero-order chi connectivity index (χ0) is 17.8. The Balaban J connectivity index is 1.68. The van der Waals surface area contributed by atoms with Crippen LogP contribution in [0.2, 0.25) is 5.02 Å². The minimum Gasteiger partial charge on any atom is -0.495 e. The highest BCUT2D eigenvalue weighted by Crippen LogP contribution is 2.30. The summed E-state index contributed by atoms with van der Waals surface area (Å²) in [5.74, 6) is 0.812. The van der Waals surface area contributed by atoms with Gasteiger partial charge in [-0.1, -0.05) is 11.6 Å². The fourth-order valence-electron chi connectivity index (χ4n) is 1.96. The van der Waals surface area contributed by atoms with E-state index in [0.717, 1.165) is 5.56 Å². The van der Waals surface area contributed by atoms with E-state index in [0.29, 0.717) is 22.3 Å². The molecule has 0 aliphatic heterocycles. The van der Waals surface area contributed by atoms with E-state index in [9.17, 15) is 4.79 Å². The Hall–Kier alpha value is -3.33. The first kappa shape index (κ1) is 16.5. The molecule has 2 heterocycles. The standard InChI is InChI=1S/C15H12ClN5O4/c1-23-12-4-2-8(6-10(12)16)11-5-3-9(24-11)7-18-19-15(22)13-14(17)21-25-20-13/h2-7H,1H3,(H2,17,21)(H,19,22). The number of hydrogen-bond acceptors (Lipinski definition) is 8. The number of nitrogens with two attached hydrogens (primary N) is 1. The van der Waals surface area contributed by atoms with Gasteiger partial charge in [-0.25, -0.2) is 10.1 Å². The summed E-state index contributed by atoms with van der Waals surface area (Å²) in [7, 11) is 1.54. The van der Waals surface area contributed by atoms with Crippen molar-refractivity contribution in [3.05, 3.63) is 46.8 Å². The average molecular weight is 362 g/mol. The van der Waals surface area contributed by atoms with Gasteiger partial charge in [0.2, 0.25) is 11.5 Å². The second-order valence-corrected chi connectivity index (χ2v) is 5.16. The van der Waals surface area contributed by atoms with E-state index in [4.69, 9.17) is 26.5 Å². The van der Waals surface area contributed by atoms with E-state index in [-0.39, 0.29) is 11.5 Å². The number of carbonyl (C=O) groups excluding carboxylic acids is 1. The van der Waals surface area contributed by atoms with Crippen LogP contribution in [0.4, 0.5) is 5.82 Å². The van der Waals surface area contributed by atoms with Crippen molar-refractivity contribution in [3.8, 4) is 17.1 Å². The molecule has 0 saturated carbocycles. The van der Waals surface area contributed by atoms with Crippen LogP contribution in [0.3, 0.4) is 0 Å². The number of methoxy groups -OCH3 is 1. The van der Waals surface area contributed by atoms with Gasteiger partial charge in [0, 0.05) is 5.56 Å². The second kappa shape index (κ2) is 7.05. The molecule has 0 aliphatic rings. The van der Waals surface area contributed by atoms with Crippen molar-refractivity contribution in [3.63, 3.8) is 0 Å². The van der Waals surface area contributed by atoms with E-state index < -0.39 is 5.91 Å². The number of nitrogen functional groups attached to an aromatic ring is 1. The van der Waals surface area contributed by atoms with E-state index in [2.05, 4.69) is 25.5 Å². The molecule has 0 atom stereocenters. The van der Waals surface area contributed by atoms with Gasteiger partial charge < -0.3 is 14.9 Å². The molecule has 25 heavy (non-hydrogen) atoms. The number of anilines is 1. The quantitative estimate of drug-likeness (QED) is 0.527. The average Bonchev–Trinajstić information content (AvgIpc) is 3.23. The van der Waals surface area contributed by atoms with Crippen molar-refractivity contribution in [2.45, 2.75) is 0 Å². The Labute approximate surface area is 146 Å². The molecular formula is C15H12ClN5O4. The molecule has 3 aromatic rings. The van der Waals surface area contributed by atoms with Gasteiger partial charge in [-0.15, -0.1) is 0 Å². The number of aromatic nitrogens is 2. The van der Waals surface area contributed by atoms with Crippen molar-refractivity contribution in [2.24, 2.45) is 5.10 Å². The number of carbonyl (C=O) groups is 1. The summed E-state index contributed by atoms with van der Waals surface area (Å²) >= 11 is 6.10. The summed E-state index contributed by atoms with van der Waals surface area (Å²) in [6, 6.07) is 8.72. The summed E-state index contributed by atoms with van der Waals surface area (Å²) in [5, 5.41) is 10.9. The fourth-order valence-corrected chi connectivity index (χ4v) is 2.22. The number of hydrazone groups is 1. The third kappa shape index (κ3) is 3.61. The van der Waals surface area contributed by atoms with Crippen LogP contribution in [0.25, 0.3) is 11.3 Å². The lowest BCUT2D eigenvalue weighted by atomic mass is 10.2. The van der Waals surface area contributed by atoms with Gasteiger partial charge in [0.05, 0.1) is 18.3 Å². The van der Waals surface area contributed by atoms with E-state index in [1.165, 1.54) is 6.21 Å². The van der Waals surface area contributed by atoms with Crippen LogP contribution in [0, 0.1) is 0 Å². The fraction of sp³-hybridized carbons (Fsp3) is 0.0667. The summed E-state index contributed by atoms with van der Waals surface area (Å²) in [4.78, 5) is 11.7. The molecule has 0 unspecified atom stereocenters. The third-order valence-electron chi connectivity index (χ3n) is 3.15. The summed E-state index contributed by atoms with van der Waals surface area (Å²) < 4.78 is 15.1. The molecule has 128 valence electrons. The van der Waals surface area contributed by atoms with Gasteiger partial charge in [-0.2, -0.15) is 5.10 Å². The highest BCUT2D eigenvalue weighted by Gasteiger charge is 2.15. The van der Waals surface area contributed by atoms with E-state index in [1.807, 2.05) is 6.07 Å². The maximum absolute atomic E-state index is 11.7. The molecule has 0 bridgehead atoms. The lowest BCUT2D eigenvalue weighted by Crippen LogP contribution is -2.19. The Bertz CT molecular complexity index is 934. The second-order valence-electron chi connectivity index (χ2n) is 4.75. The number of hydrogen-bond donors (Lipinski definition) is 2. The maximum atomic E-state index is 11.7. The predicted molar refractivity (Wildman–Crippen MR) is 89.5 cm³/mol. The van der Waals surface area contributed by atoms with Crippen LogP contribution in [-0.2, 0) is 0 Å². The first-order valence-corrected chi connectivity index (χ1v) is 7.31. The number of furan rings is 1. The number of halogens is 1. The number of amides is 1. The third-order valence-corrected chi connectivity index (χ3v) is 3.45. The molecule has 3 N–H and O–H groups in total. The minimum atomic E-state index is -0.649. The maximum Gasteiger partial charge on any atom is 0.297 e. The van der Waals surface area contributed by atoms with Crippen LogP contribution >= 0.6 is 11.6 Å². The zero-order valence-corrected chi connectivity index (χ0v) is 13.6. The van der Waals surface area contributed by atoms with Crippen LogP contribution in [-0.4, -0.2) is 29.5 Å². The summed E-state index contributed by atoms with van der Waals surface area (Å²) in [6.45, 7) is 0. The Morgan fingerprint density at radius 3 is 2.88 bits per heavy atom. The zero-order valence-electron chi connectivity index (χ0n) is 12.9. The molecule has 0 fully saturated rings. The first-order valence-electron chi connectivity index (χ1n) is 6.93. The van der Waals surface area contributed by atoms with E-state index >= 15 is 0 Å². The smallest absolute Gasteiger partial charge is 0.297 e. The number of benzene rings is 1. The number of nitrogens with one attached hydrogen (secondary N) is 1. The predicted octanol–water partition coefficient (Wildman–Crippen LogP) is 2.34. The van der Waals surface area contributed by atoms with Crippen molar-refractivity contribution >= 4 is 29.5 Å². The summed E-state index contributed by atoms with van der Waals surface area (Å²) in [5.41, 5.74) is 8.27. The SMILES string of the molecule is COc1ccc(-c2ccc(C=NNC(=O)c3nonc3N)o2)cc1Cl.